The maximum Gasteiger partial charge on any atom is 0.338 e. The van der Waals surface area contributed by atoms with Crippen molar-refractivity contribution >= 4 is 57.1 Å². The van der Waals surface area contributed by atoms with Gasteiger partial charge in [0.25, 0.3) is 5.91 Å². The zero-order valence-corrected chi connectivity index (χ0v) is 18.0. The van der Waals surface area contributed by atoms with Crippen LogP contribution in [0.25, 0.3) is 0 Å². The van der Waals surface area contributed by atoms with Crippen molar-refractivity contribution < 1.29 is 19.1 Å². The predicted molar refractivity (Wildman–Crippen MR) is 122 cm³/mol. The first-order valence-electron chi connectivity index (χ1n) is 9.24. The number of aliphatic imine (C=N–C) groups is 1. The van der Waals surface area contributed by atoms with E-state index in [1.165, 1.54) is 6.92 Å². The molecule has 1 aliphatic rings. The molecule has 2 aromatic rings. The van der Waals surface area contributed by atoms with Gasteiger partial charge in [0.15, 0.2) is 6.61 Å². The lowest BCUT2D eigenvalue weighted by atomic mass is 10.1. The number of esters is 1. The Morgan fingerprint density at radius 1 is 1.07 bits per heavy atom. The summed E-state index contributed by atoms with van der Waals surface area (Å²) in [5.41, 5.74) is 2.46. The highest BCUT2D eigenvalue weighted by molar-refractivity contribution is 8.38. The Bertz CT molecular complexity index is 961. The molecule has 0 spiro atoms. The normalized spacial score (nSPS) is 12.8. The van der Waals surface area contributed by atoms with Crippen molar-refractivity contribution in [1.82, 2.24) is 0 Å². The first kappa shape index (κ1) is 21.9. The van der Waals surface area contributed by atoms with Gasteiger partial charge in [-0.05, 0) is 35.9 Å². The minimum absolute atomic E-state index is 0.174. The van der Waals surface area contributed by atoms with E-state index in [9.17, 15) is 14.4 Å². The summed E-state index contributed by atoms with van der Waals surface area (Å²) >= 11 is 3.32. The zero-order valence-electron chi connectivity index (χ0n) is 16.3. The van der Waals surface area contributed by atoms with E-state index in [0.717, 1.165) is 22.2 Å². The molecule has 156 valence electrons. The molecule has 0 aliphatic carbocycles. The lowest BCUT2D eigenvalue weighted by molar-refractivity contribution is -0.119. The molecule has 0 radical (unpaired) electrons. The lowest BCUT2D eigenvalue weighted by Gasteiger charge is -2.10. The van der Waals surface area contributed by atoms with Crippen LogP contribution in [0.1, 0.15) is 22.8 Å². The minimum atomic E-state index is -0.539. The van der Waals surface area contributed by atoms with Crippen LogP contribution in [0.3, 0.4) is 0 Å². The van der Waals surface area contributed by atoms with E-state index in [1.54, 1.807) is 59.9 Å². The van der Waals surface area contributed by atoms with E-state index in [-0.39, 0.29) is 5.91 Å². The van der Waals surface area contributed by atoms with Gasteiger partial charge in [0, 0.05) is 29.8 Å². The number of ether oxygens (including phenoxy) is 1. The number of nitrogens with one attached hydrogen (secondary N) is 2. The highest BCUT2D eigenvalue weighted by Crippen LogP contribution is 2.26. The molecule has 0 unspecified atom stereocenters. The first-order valence-corrected chi connectivity index (χ1v) is 11.2. The van der Waals surface area contributed by atoms with Crippen molar-refractivity contribution in [3.8, 4) is 0 Å². The molecule has 0 fully saturated rings. The number of carbonyl (C=O) groups excluding carboxylic acids is 3. The van der Waals surface area contributed by atoms with Gasteiger partial charge in [0.2, 0.25) is 5.91 Å². The van der Waals surface area contributed by atoms with Crippen molar-refractivity contribution in [2.24, 2.45) is 4.99 Å². The Balaban J connectivity index is 1.51. The summed E-state index contributed by atoms with van der Waals surface area (Å²) < 4.78 is 6.23. The van der Waals surface area contributed by atoms with Gasteiger partial charge in [-0.3, -0.25) is 14.6 Å². The van der Waals surface area contributed by atoms with Crippen LogP contribution in [-0.2, 0) is 20.1 Å². The summed E-state index contributed by atoms with van der Waals surface area (Å²) in [7, 11) is 0. The summed E-state index contributed by atoms with van der Waals surface area (Å²) in [5, 5.41) is 5.30. The summed E-state index contributed by atoms with van der Waals surface area (Å²) in [4.78, 5) is 40.0. The number of benzene rings is 2. The SMILES string of the molecule is CC(=O)Nc1ccc(NC(=O)COC(=O)c2ccccc2CSC2=NCCS2)cc1. The van der Waals surface area contributed by atoms with Crippen LogP contribution in [0.2, 0.25) is 0 Å². The number of anilines is 2. The number of nitrogens with zero attached hydrogens (tertiary/aromatic N) is 1. The zero-order chi connectivity index (χ0) is 21.3. The molecular weight excluding hydrogens is 422 g/mol. The van der Waals surface area contributed by atoms with E-state index in [4.69, 9.17) is 4.74 Å². The molecule has 7 nitrogen and oxygen atoms in total. The van der Waals surface area contributed by atoms with Gasteiger partial charge in [-0.15, -0.1) is 0 Å². The third-order valence-corrected chi connectivity index (χ3v) is 6.27. The molecule has 2 aromatic carbocycles. The summed E-state index contributed by atoms with van der Waals surface area (Å²) in [6, 6.07) is 13.9. The molecule has 0 saturated heterocycles. The lowest BCUT2D eigenvalue weighted by Crippen LogP contribution is -2.21. The fourth-order valence-electron chi connectivity index (χ4n) is 2.63. The van der Waals surface area contributed by atoms with E-state index in [2.05, 4.69) is 15.6 Å². The molecule has 30 heavy (non-hydrogen) atoms. The van der Waals surface area contributed by atoms with Crippen LogP contribution >= 0.6 is 23.5 Å². The van der Waals surface area contributed by atoms with Gasteiger partial charge in [0.1, 0.15) is 4.38 Å². The van der Waals surface area contributed by atoms with Crippen LogP contribution in [0, 0.1) is 0 Å². The Hall–Kier alpha value is -2.78. The first-order chi connectivity index (χ1) is 14.5. The molecule has 0 saturated carbocycles. The molecule has 1 heterocycles. The Morgan fingerprint density at radius 2 is 1.77 bits per heavy atom. The van der Waals surface area contributed by atoms with Crippen LogP contribution in [0.5, 0.6) is 0 Å². The number of thioether (sulfide) groups is 2. The second kappa shape index (κ2) is 10.8. The largest absolute Gasteiger partial charge is 0.452 e. The number of hydrogen-bond donors (Lipinski definition) is 2. The number of hydrogen-bond acceptors (Lipinski definition) is 7. The van der Waals surface area contributed by atoms with Gasteiger partial charge in [-0.2, -0.15) is 0 Å². The monoisotopic (exact) mass is 443 g/mol. The molecule has 2 amide bonds. The Labute approximate surface area is 183 Å². The standard InChI is InChI=1S/C21H21N3O4S2/c1-14(25)23-16-6-8-17(9-7-16)24-19(26)12-28-20(27)18-5-3-2-4-15(18)13-30-21-22-10-11-29-21/h2-9H,10-13H2,1H3,(H,23,25)(H,24,26). The van der Waals surface area contributed by atoms with Gasteiger partial charge < -0.3 is 15.4 Å². The molecule has 2 N–H and O–H groups in total. The maximum atomic E-state index is 12.5. The van der Waals surface area contributed by atoms with Gasteiger partial charge in [-0.1, -0.05) is 41.7 Å². The van der Waals surface area contributed by atoms with Crippen LogP contribution in [0.15, 0.2) is 53.5 Å². The number of amides is 2. The molecule has 1 aliphatic heterocycles. The average molecular weight is 444 g/mol. The molecule has 0 aromatic heterocycles. The van der Waals surface area contributed by atoms with Crippen molar-refractivity contribution in [3.63, 3.8) is 0 Å². The van der Waals surface area contributed by atoms with E-state index < -0.39 is 18.5 Å². The molecule has 0 bridgehead atoms. The molecular formula is C21H21N3O4S2. The highest BCUT2D eigenvalue weighted by Gasteiger charge is 2.16. The summed E-state index contributed by atoms with van der Waals surface area (Å²) in [5.74, 6) is 0.455. The van der Waals surface area contributed by atoms with Crippen LogP contribution < -0.4 is 10.6 Å². The second-order valence-electron chi connectivity index (χ2n) is 6.32. The van der Waals surface area contributed by atoms with Crippen LogP contribution in [0.4, 0.5) is 11.4 Å². The van der Waals surface area contributed by atoms with E-state index in [1.807, 2.05) is 12.1 Å². The van der Waals surface area contributed by atoms with Crippen molar-refractivity contribution in [2.75, 3.05) is 29.5 Å². The van der Waals surface area contributed by atoms with Crippen LogP contribution in [-0.4, -0.2) is 41.1 Å². The maximum absolute atomic E-state index is 12.5. The number of carbonyl (C=O) groups is 3. The third kappa shape index (κ3) is 6.64. The highest BCUT2D eigenvalue weighted by atomic mass is 32.2. The summed E-state index contributed by atoms with van der Waals surface area (Å²) in [6.45, 7) is 1.86. The smallest absolute Gasteiger partial charge is 0.338 e. The topological polar surface area (TPSA) is 96.9 Å². The van der Waals surface area contributed by atoms with Crippen molar-refractivity contribution in [1.29, 1.82) is 0 Å². The molecule has 3 rings (SSSR count). The van der Waals surface area contributed by atoms with Crippen molar-refractivity contribution in [3.05, 3.63) is 59.7 Å². The van der Waals surface area contributed by atoms with Gasteiger partial charge in [0.05, 0.1) is 12.1 Å². The quantitative estimate of drug-likeness (QED) is 0.632. The molecule has 0 atom stereocenters. The fourth-order valence-corrected chi connectivity index (χ4v) is 4.65. The van der Waals surface area contributed by atoms with Gasteiger partial charge in [-0.25, -0.2) is 4.79 Å². The Kier molecular flexibility index (Phi) is 7.92. The molecule has 9 heteroatoms. The summed E-state index contributed by atoms with van der Waals surface area (Å²) in [6.07, 6.45) is 0. The third-order valence-electron chi connectivity index (χ3n) is 3.97. The minimum Gasteiger partial charge on any atom is -0.452 e. The average Bonchev–Trinajstić information content (AvgIpc) is 3.25. The fraction of sp³-hybridized carbons (Fsp3) is 0.238. The second-order valence-corrected chi connectivity index (χ2v) is 8.63. The number of rotatable bonds is 7. The Morgan fingerprint density at radius 3 is 2.43 bits per heavy atom. The van der Waals surface area contributed by atoms with E-state index >= 15 is 0 Å². The predicted octanol–water partition coefficient (Wildman–Crippen LogP) is 3.78. The van der Waals surface area contributed by atoms with Crippen molar-refractivity contribution in [2.45, 2.75) is 12.7 Å². The van der Waals surface area contributed by atoms with E-state index in [0.29, 0.717) is 22.7 Å². The van der Waals surface area contributed by atoms with Gasteiger partial charge >= 0.3 is 5.97 Å².